The van der Waals surface area contributed by atoms with Gasteiger partial charge in [-0.15, -0.1) is 5.10 Å². The van der Waals surface area contributed by atoms with Crippen molar-refractivity contribution in [1.82, 2.24) is 24.3 Å². The monoisotopic (exact) mass is 509 g/mol. The molecule has 0 aliphatic rings. The van der Waals surface area contributed by atoms with E-state index in [2.05, 4.69) is 15.1 Å². The lowest BCUT2D eigenvalue weighted by molar-refractivity contribution is -0.207. The minimum atomic E-state index is -4.91. The smallest absolute Gasteiger partial charge is 0.382 e. The molecule has 1 N–H and O–H groups in total. The number of hydrogen-bond donors (Lipinski definition) is 1. The second kappa shape index (κ2) is 9.57. The molecular formula is C22H16Cl2F3N5O2. The highest BCUT2D eigenvalue weighted by atomic mass is 35.5. The predicted molar refractivity (Wildman–Crippen MR) is 121 cm³/mol. The Morgan fingerprint density at radius 3 is 2.41 bits per heavy atom. The predicted octanol–water partition coefficient (Wildman–Crippen LogP) is 4.45. The normalized spacial score (nSPS) is 12.6. The number of hydrogen-bond acceptors (Lipinski definition) is 5. The van der Waals surface area contributed by atoms with Gasteiger partial charge in [0.1, 0.15) is 6.33 Å². The van der Waals surface area contributed by atoms with Crippen LogP contribution in [0.15, 0.2) is 65.7 Å². The summed E-state index contributed by atoms with van der Waals surface area (Å²) in [5.41, 5.74) is 1.06. The van der Waals surface area contributed by atoms with Crippen LogP contribution in [-0.2, 0) is 13.1 Å². The second-order valence-corrected chi connectivity index (χ2v) is 8.16. The molecule has 4 rings (SSSR count). The zero-order chi connectivity index (χ0) is 24.5. The summed E-state index contributed by atoms with van der Waals surface area (Å²) in [6, 6.07) is 14.7. The zero-order valence-corrected chi connectivity index (χ0v) is 18.8. The van der Waals surface area contributed by atoms with Crippen LogP contribution < -0.4 is 5.69 Å². The van der Waals surface area contributed by atoms with Gasteiger partial charge in [0.05, 0.1) is 24.5 Å². The minimum Gasteiger partial charge on any atom is -0.382 e. The standard InChI is InChI=1S/C22H16Cl2F3N5O2/c23-14-7-5-13(6-8-14)20-30-32(21(34)31(20)11-19(33)22(25,26)27)10-15-9-18(29-12-28-15)16-3-1-2-4-17(16)24/h1-9,12,19,33H,10-11H2/t19-/m0/s1. The lowest BCUT2D eigenvalue weighted by Crippen LogP contribution is -2.37. The van der Waals surface area contributed by atoms with Crippen LogP contribution in [0.4, 0.5) is 13.2 Å². The van der Waals surface area contributed by atoms with E-state index in [-0.39, 0.29) is 12.4 Å². The Balaban J connectivity index is 1.74. The number of benzene rings is 2. The zero-order valence-electron chi connectivity index (χ0n) is 17.2. The molecule has 0 fully saturated rings. The topological polar surface area (TPSA) is 85.8 Å². The summed E-state index contributed by atoms with van der Waals surface area (Å²) in [6.07, 6.45) is -6.36. The lowest BCUT2D eigenvalue weighted by Gasteiger charge is -2.15. The van der Waals surface area contributed by atoms with E-state index in [0.29, 0.717) is 32.6 Å². The maximum atomic E-state index is 13.0. The second-order valence-electron chi connectivity index (χ2n) is 7.31. The van der Waals surface area contributed by atoms with E-state index in [1.807, 2.05) is 0 Å². The van der Waals surface area contributed by atoms with Gasteiger partial charge in [-0.2, -0.15) is 13.2 Å². The number of alkyl halides is 3. The molecule has 7 nitrogen and oxygen atoms in total. The van der Waals surface area contributed by atoms with Gasteiger partial charge in [-0.05, 0) is 36.4 Å². The van der Waals surface area contributed by atoms with Crippen molar-refractivity contribution in [2.45, 2.75) is 25.4 Å². The van der Waals surface area contributed by atoms with Crippen molar-refractivity contribution < 1.29 is 18.3 Å². The van der Waals surface area contributed by atoms with Crippen LogP contribution in [0.25, 0.3) is 22.6 Å². The number of halogens is 5. The Morgan fingerprint density at radius 1 is 1.03 bits per heavy atom. The number of nitrogens with zero attached hydrogens (tertiary/aromatic N) is 5. The van der Waals surface area contributed by atoms with Crippen LogP contribution in [-0.4, -0.2) is 41.7 Å². The summed E-state index contributed by atoms with van der Waals surface area (Å²) >= 11 is 12.1. The summed E-state index contributed by atoms with van der Waals surface area (Å²) in [7, 11) is 0. The molecule has 0 spiro atoms. The molecule has 34 heavy (non-hydrogen) atoms. The Morgan fingerprint density at radius 2 is 1.74 bits per heavy atom. The van der Waals surface area contributed by atoms with Gasteiger partial charge >= 0.3 is 11.9 Å². The highest BCUT2D eigenvalue weighted by molar-refractivity contribution is 6.33. The molecule has 4 aromatic rings. The molecule has 0 aliphatic carbocycles. The molecular weight excluding hydrogens is 494 g/mol. The van der Waals surface area contributed by atoms with E-state index < -0.39 is 24.5 Å². The van der Waals surface area contributed by atoms with Crippen LogP contribution in [0, 0.1) is 0 Å². The Bertz CT molecular complexity index is 1370. The van der Waals surface area contributed by atoms with Crippen LogP contribution in [0.1, 0.15) is 5.69 Å². The Labute approximate surface area is 201 Å². The average Bonchev–Trinajstić information content (AvgIpc) is 3.09. The van der Waals surface area contributed by atoms with Gasteiger partial charge in [-0.3, -0.25) is 4.57 Å². The molecule has 0 saturated carbocycles. The van der Waals surface area contributed by atoms with Crippen LogP contribution in [0.3, 0.4) is 0 Å². The molecule has 0 bridgehead atoms. The van der Waals surface area contributed by atoms with E-state index in [1.165, 1.54) is 30.6 Å². The summed E-state index contributed by atoms with van der Waals surface area (Å²) in [5, 5.41) is 14.7. The third kappa shape index (κ3) is 5.14. The summed E-state index contributed by atoms with van der Waals surface area (Å²) < 4.78 is 40.8. The summed E-state index contributed by atoms with van der Waals surface area (Å²) in [4.78, 5) is 21.3. The van der Waals surface area contributed by atoms with E-state index in [1.54, 1.807) is 30.3 Å². The quantitative estimate of drug-likeness (QED) is 0.415. The van der Waals surface area contributed by atoms with Gasteiger partial charge in [0.2, 0.25) is 0 Å². The maximum absolute atomic E-state index is 13.0. The van der Waals surface area contributed by atoms with Gasteiger partial charge < -0.3 is 5.11 Å². The van der Waals surface area contributed by atoms with Gasteiger partial charge in [0.15, 0.2) is 11.9 Å². The van der Waals surface area contributed by atoms with E-state index in [9.17, 15) is 23.1 Å². The number of rotatable bonds is 6. The van der Waals surface area contributed by atoms with Crippen molar-refractivity contribution in [2.75, 3.05) is 0 Å². The molecule has 2 aromatic carbocycles. The van der Waals surface area contributed by atoms with Gasteiger partial charge in [-0.25, -0.2) is 19.4 Å². The van der Waals surface area contributed by atoms with Crippen molar-refractivity contribution in [3.05, 3.63) is 87.1 Å². The first-order chi connectivity index (χ1) is 16.1. The van der Waals surface area contributed by atoms with Gasteiger partial charge in [-0.1, -0.05) is 41.4 Å². The first kappa shape index (κ1) is 23.9. The minimum absolute atomic E-state index is 0.0506. The first-order valence-electron chi connectivity index (χ1n) is 9.87. The van der Waals surface area contributed by atoms with Gasteiger partial charge in [0, 0.05) is 21.2 Å². The van der Waals surface area contributed by atoms with Crippen molar-refractivity contribution in [3.63, 3.8) is 0 Å². The Hall–Kier alpha value is -3.21. The highest BCUT2D eigenvalue weighted by Crippen LogP contribution is 2.26. The van der Waals surface area contributed by atoms with Crippen molar-refractivity contribution >= 4 is 23.2 Å². The van der Waals surface area contributed by atoms with Crippen LogP contribution in [0.2, 0.25) is 10.0 Å². The summed E-state index contributed by atoms with van der Waals surface area (Å²) in [5.74, 6) is -0.0506. The molecule has 0 saturated heterocycles. The third-order valence-electron chi connectivity index (χ3n) is 4.94. The van der Waals surface area contributed by atoms with E-state index in [0.717, 1.165) is 9.25 Å². The van der Waals surface area contributed by atoms with E-state index in [4.69, 9.17) is 23.2 Å². The molecule has 1 atom stereocenters. The average molecular weight is 510 g/mol. The van der Waals surface area contributed by atoms with Crippen LogP contribution >= 0.6 is 23.2 Å². The number of aliphatic hydroxyl groups is 1. The van der Waals surface area contributed by atoms with E-state index >= 15 is 0 Å². The molecule has 2 heterocycles. The molecule has 12 heteroatoms. The number of aromatic nitrogens is 5. The number of aliphatic hydroxyl groups excluding tert-OH is 1. The maximum Gasteiger partial charge on any atom is 0.416 e. The summed E-state index contributed by atoms with van der Waals surface area (Å²) in [6.45, 7) is -1.16. The third-order valence-corrected chi connectivity index (χ3v) is 5.53. The largest absolute Gasteiger partial charge is 0.416 e. The Kier molecular flexibility index (Phi) is 6.74. The molecule has 0 radical (unpaired) electrons. The van der Waals surface area contributed by atoms with Crippen molar-refractivity contribution in [3.8, 4) is 22.6 Å². The first-order valence-corrected chi connectivity index (χ1v) is 10.6. The fraction of sp³-hybridized carbons (Fsp3) is 0.182. The van der Waals surface area contributed by atoms with Crippen molar-refractivity contribution in [1.29, 1.82) is 0 Å². The van der Waals surface area contributed by atoms with Crippen LogP contribution in [0.5, 0.6) is 0 Å². The lowest BCUT2D eigenvalue weighted by atomic mass is 10.1. The SMILES string of the molecule is O=c1n(Cc2cc(-c3ccccc3Cl)ncn2)nc(-c2ccc(Cl)cc2)n1C[C@H](O)C(F)(F)F. The molecule has 176 valence electrons. The molecule has 0 unspecified atom stereocenters. The highest BCUT2D eigenvalue weighted by Gasteiger charge is 2.39. The van der Waals surface area contributed by atoms with Gasteiger partial charge in [0.25, 0.3) is 0 Å². The van der Waals surface area contributed by atoms with Crippen molar-refractivity contribution in [2.24, 2.45) is 0 Å². The molecule has 0 aliphatic heterocycles. The fourth-order valence-corrected chi connectivity index (χ4v) is 3.61. The molecule has 2 aromatic heterocycles. The fourth-order valence-electron chi connectivity index (χ4n) is 3.25. The molecule has 0 amide bonds.